The van der Waals surface area contributed by atoms with E-state index in [9.17, 15) is 4.79 Å². The molecule has 4 rings (SSSR count). The molecule has 4 aromatic heterocycles. The van der Waals surface area contributed by atoms with Crippen LogP contribution in [-0.4, -0.2) is 30.8 Å². The van der Waals surface area contributed by atoms with E-state index in [1.165, 1.54) is 0 Å². The number of aryl methyl sites for hydroxylation is 1. The van der Waals surface area contributed by atoms with Crippen LogP contribution < -0.4 is 0 Å². The lowest BCUT2D eigenvalue weighted by Gasteiger charge is -2.06. The van der Waals surface area contributed by atoms with Gasteiger partial charge in [0.25, 0.3) is 0 Å². The smallest absolute Gasteiger partial charge is 0.166 e. The zero-order valence-corrected chi connectivity index (χ0v) is 12.9. The lowest BCUT2D eigenvalue weighted by molar-refractivity contribution is 0.112. The zero-order chi connectivity index (χ0) is 16.5. The molecule has 0 atom stereocenters. The number of hydrogen-bond acceptors (Lipinski definition) is 5. The van der Waals surface area contributed by atoms with Gasteiger partial charge in [0, 0.05) is 29.7 Å². The third-order valence-electron chi connectivity index (χ3n) is 3.78. The Morgan fingerprint density at radius 1 is 1.00 bits per heavy atom. The van der Waals surface area contributed by atoms with Crippen molar-refractivity contribution < 1.29 is 4.79 Å². The summed E-state index contributed by atoms with van der Waals surface area (Å²) in [6, 6.07) is 11.2. The van der Waals surface area contributed by atoms with Crippen LogP contribution in [0.15, 0.2) is 55.0 Å². The van der Waals surface area contributed by atoms with E-state index in [0.717, 1.165) is 34.5 Å². The first-order chi connectivity index (χ1) is 11.8. The Labute approximate surface area is 137 Å². The predicted molar refractivity (Wildman–Crippen MR) is 90.0 cm³/mol. The van der Waals surface area contributed by atoms with E-state index in [4.69, 9.17) is 4.98 Å². The third kappa shape index (κ3) is 2.34. The molecule has 6 heteroatoms. The van der Waals surface area contributed by atoms with Crippen LogP contribution in [0.3, 0.4) is 0 Å². The number of imidazole rings is 1. The van der Waals surface area contributed by atoms with Crippen molar-refractivity contribution in [2.45, 2.75) is 6.92 Å². The Hall–Kier alpha value is -3.41. The van der Waals surface area contributed by atoms with Crippen molar-refractivity contribution in [3.8, 4) is 17.1 Å². The molecule has 116 valence electrons. The number of aromatic nitrogens is 5. The van der Waals surface area contributed by atoms with E-state index in [2.05, 4.69) is 15.0 Å². The molecule has 0 fully saturated rings. The molecule has 0 saturated carbocycles. The van der Waals surface area contributed by atoms with Crippen LogP contribution in [0, 0.1) is 6.92 Å². The van der Waals surface area contributed by atoms with E-state index in [1.54, 1.807) is 30.7 Å². The highest BCUT2D eigenvalue weighted by atomic mass is 16.1. The number of pyridine rings is 3. The van der Waals surface area contributed by atoms with Crippen LogP contribution in [0.2, 0.25) is 0 Å². The second-order valence-electron chi connectivity index (χ2n) is 5.34. The maximum absolute atomic E-state index is 10.8. The van der Waals surface area contributed by atoms with Crippen molar-refractivity contribution in [3.63, 3.8) is 0 Å². The van der Waals surface area contributed by atoms with Crippen molar-refractivity contribution in [3.05, 3.63) is 66.4 Å². The largest absolute Gasteiger partial charge is 0.298 e. The lowest BCUT2D eigenvalue weighted by Crippen LogP contribution is -2.01. The van der Waals surface area contributed by atoms with Gasteiger partial charge in [0.05, 0.1) is 5.69 Å². The Bertz CT molecular complexity index is 1020. The average molecular weight is 315 g/mol. The minimum absolute atomic E-state index is 0.534. The molecule has 0 N–H and O–H groups in total. The van der Waals surface area contributed by atoms with Gasteiger partial charge in [-0.15, -0.1) is 0 Å². The summed E-state index contributed by atoms with van der Waals surface area (Å²) in [5.41, 5.74) is 3.89. The van der Waals surface area contributed by atoms with E-state index in [0.29, 0.717) is 11.4 Å². The normalized spacial score (nSPS) is 10.9. The van der Waals surface area contributed by atoms with Crippen LogP contribution in [-0.2, 0) is 0 Å². The molecule has 4 heterocycles. The van der Waals surface area contributed by atoms with Crippen molar-refractivity contribution in [1.82, 2.24) is 24.5 Å². The fraction of sp³-hybridized carbons (Fsp3) is 0.0556. The van der Waals surface area contributed by atoms with Gasteiger partial charge in [-0.2, -0.15) is 0 Å². The number of aldehydes is 1. The highest BCUT2D eigenvalue weighted by Crippen LogP contribution is 2.23. The average Bonchev–Trinajstić information content (AvgIpc) is 2.97. The van der Waals surface area contributed by atoms with Crippen molar-refractivity contribution >= 4 is 17.5 Å². The molecule has 0 spiro atoms. The Morgan fingerprint density at radius 2 is 1.83 bits per heavy atom. The number of rotatable bonds is 3. The minimum atomic E-state index is 0.534. The first-order valence-corrected chi connectivity index (χ1v) is 7.44. The van der Waals surface area contributed by atoms with Crippen molar-refractivity contribution in [2.24, 2.45) is 0 Å². The van der Waals surface area contributed by atoms with Gasteiger partial charge < -0.3 is 0 Å². The van der Waals surface area contributed by atoms with Gasteiger partial charge in [-0.05, 0) is 43.3 Å². The van der Waals surface area contributed by atoms with Crippen LogP contribution in [0.4, 0.5) is 0 Å². The zero-order valence-electron chi connectivity index (χ0n) is 12.9. The van der Waals surface area contributed by atoms with Crippen LogP contribution in [0.1, 0.15) is 16.2 Å². The quantitative estimate of drug-likeness (QED) is 0.543. The second kappa shape index (κ2) is 5.66. The van der Waals surface area contributed by atoms with Gasteiger partial charge in [-0.3, -0.25) is 14.3 Å². The SMILES string of the molecule is Cc1nc2ccc(-c3ccncc3)nc2n1-c1ccc(C=O)cn1. The maximum Gasteiger partial charge on any atom is 0.166 e. The summed E-state index contributed by atoms with van der Waals surface area (Å²) in [5, 5.41) is 0. The number of nitrogens with zero attached hydrogens (tertiary/aromatic N) is 5. The van der Waals surface area contributed by atoms with Crippen molar-refractivity contribution in [1.29, 1.82) is 0 Å². The number of carbonyl (C=O) groups is 1. The Morgan fingerprint density at radius 3 is 2.54 bits per heavy atom. The first kappa shape index (κ1) is 14.2. The van der Waals surface area contributed by atoms with Gasteiger partial charge >= 0.3 is 0 Å². The summed E-state index contributed by atoms with van der Waals surface area (Å²) in [5.74, 6) is 1.47. The molecule has 0 bridgehead atoms. The van der Waals surface area contributed by atoms with Crippen LogP contribution in [0.5, 0.6) is 0 Å². The molecule has 0 radical (unpaired) electrons. The molecular weight excluding hydrogens is 302 g/mol. The second-order valence-corrected chi connectivity index (χ2v) is 5.34. The van der Waals surface area contributed by atoms with E-state index in [-0.39, 0.29) is 0 Å². The minimum Gasteiger partial charge on any atom is -0.298 e. The molecule has 24 heavy (non-hydrogen) atoms. The van der Waals surface area contributed by atoms with Crippen LogP contribution in [0.25, 0.3) is 28.2 Å². The van der Waals surface area contributed by atoms with Gasteiger partial charge in [0.15, 0.2) is 11.9 Å². The molecule has 4 aromatic rings. The molecule has 6 nitrogen and oxygen atoms in total. The van der Waals surface area contributed by atoms with Gasteiger partial charge in [0.2, 0.25) is 0 Å². The summed E-state index contributed by atoms with van der Waals surface area (Å²) in [4.78, 5) is 28.5. The molecule has 0 aliphatic rings. The molecule has 0 unspecified atom stereocenters. The molecule has 0 aliphatic carbocycles. The highest BCUT2D eigenvalue weighted by Gasteiger charge is 2.13. The topological polar surface area (TPSA) is 73.6 Å². The first-order valence-electron chi connectivity index (χ1n) is 7.44. The Balaban J connectivity index is 1.91. The summed E-state index contributed by atoms with van der Waals surface area (Å²) in [7, 11) is 0. The van der Waals surface area contributed by atoms with Crippen molar-refractivity contribution in [2.75, 3.05) is 0 Å². The third-order valence-corrected chi connectivity index (χ3v) is 3.78. The summed E-state index contributed by atoms with van der Waals surface area (Å²) < 4.78 is 1.88. The standard InChI is InChI=1S/C18H13N5O/c1-12-21-16-4-3-15(14-6-8-19-9-7-14)22-18(16)23(12)17-5-2-13(11-24)10-20-17/h2-11H,1H3. The molecule has 0 aromatic carbocycles. The highest BCUT2D eigenvalue weighted by molar-refractivity contribution is 5.78. The van der Waals surface area contributed by atoms with Gasteiger partial charge in [-0.25, -0.2) is 15.0 Å². The Kier molecular flexibility index (Phi) is 3.35. The summed E-state index contributed by atoms with van der Waals surface area (Å²) in [6.45, 7) is 1.91. The maximum atomic E-state index is 10.8. The predicted octanol–water partition coefficient (Wildman–Crippen LogP) is 3.00. The van der Waals surface area contributed by atoms with E-state index >= 15 is 0 Å². The molecule has 0 amide bonds. The number of carbonyl (C=O) groups excluding carboxylic acids is 1. The van der Waals surface area contributed by atoms with Gasteiger partial charge in [0.1, 0.15) is 17.2 Å². The van der Waals surface area contributed by atoms with E-state index in [1.807, 2.05) is 35.8 Å². The molecule has 0 saturated heterocycles. The summed E-state index contributed by atoms with van der Waals surface area (Å²) in [6.07, 6.45) is 5.79. The monoisotopic (exact) mass is 315 g/mol. The number of hydrogen-bond donors (Lipinski definition) is 0. The number of fused-ring (bicyclic) bond motifs is 1. The lowest BCUT2D eigenvalue weighted by atomic mass is 10.2. The van der Waals surface area contributed by atoms with Crippen LogP contribution >= 0.6 is 0 Å². The fourth-order valence-corrected chi connectivity index (χ4v) is 2.63. The van der Waals surface area contributed by atoms with Gasteiger partial charge in [-0.1, -0.05) is 0 Å². The van der Waals surface area contributed by atoms with E-state index < -0.39 is 0 Å². The molecular formula is C18H13N5O. The molecule has 0 aliphatic heterocycles. The fourth-order valence-electron chi connectivity index (χ4n) is 2.63. The summed E-state index contributed by atoms with van der Waals surface area (Å²) >= 11 is 0.